The first kappa shape index (κ1) is 21.5. The van der Waals surface area contributed by atoms with Crippen molar-refractivity contribution >= 4 is 11.7 Å². The van der Waals surface area contributed by atoms with Crippen LogP contribution in [0, 0.1) is 0 Å². The number of nitrogens with one attached hydrogen (secondary N) is 1. The number of ether oxygens (including phenoxy) is 2. The number of hydrogen-bond acceptors (Lipinski definition) is 8. The standard InChI is InChI=1S/C24H23N7O3/c1-15-5-4-10-34-24-18(11-17(13-26-24)16-8-9-21(33-2)25-12-16)23(32)29-20-7-3-6-19(28-20)22-30-27-14-31(15)22/h3,6-9,11-15H,4-5,10H2,1-2H3,(H,28,29,32)/t15-/m0/s1. The van der Waals surface area contributed by atoms with E-state index >= 15 is 0 Å². The Morgan fingerprint density at radius 3 is 2.85 bits per heavy atom. The third kappa shape index (κ3) is 4.29. The van der Waals surface area contributed by atoms with Gasteiger partial charge in [0.25, 0.3) is 5.91 Å². The molecule has 0 unspecified atom stereocenters. The van der Waals surface area contributed by atoms with Crippen molar-refractivity contribution in [2.24, 2.45) is 0 Å². The Morgan fingerprint density at radius 1 is 1.15 bits per heavy atom. The maximum atomic E-state index is 13.3. The summed E-state index contributed by atoms with van der Waals surface area (Å²) in [7, 11) is 1.56. The Kier molecular flexibility index (Phi) is 5.86. The van der Waals surface area contributed by atoms with E-state index in [0.717, 1.165) is 24.0 Å². The van der Waals surface area contributed by atoms with Gasteiger partial charge in [-0.1, -0.05) is 6.07 Å². The molecule has 0 radical (unpaired) electrons. The fourth-order valence-electron chi connectivity index (χ4n) is 3.81. The number of carbonyl (C=O) groups is 1. The topological polar surface area (TPSA) is 117 Å². The number of methoxy groups -OCH3 is 1. The number of anilines is 1. The molecule has 0 spiro atoms. The summed E-state index contributed by atoms with van der Waals surface area (Å²) in [6, 6.07) is 10.9. The van der Waals surface area contributed by atoms with Crippen LogP contribution in [0.15, 0.2) is 55.1 Å². The van der Waals surface area contributed by atoms with Crippen molar-refractivity contribution in [1.29, 1.82) is 0 Å². The first-order chi connectivity index (χ1) is 16.6. The molecule has 10 heteroatoms. The van der Waals surface area contributed by atoms with Crippen LogP contribution in [-0.2, 0) is 0 Å². The minimum Gasteiger partial charge on any atom is -0.481 e. The van der Waals surface area contributed by atoms with Crippen LogP contribution in [-0.4, -0.2) is 49.3 Å². The number of rotatable bonds is 2. The van der Waals surface area contributed by atoms with E-state index in [9.17, 15) is 4.79 Å². The first-order valence-corrected chi connectivity index (χ1v) is 10.9. The zero-order chi connectivity index (χ0) is 23.5. The monoisotopic (exact) mass is 457 g/mol. The Morgan fingerprint density at radius 2 is 2.03 bits per heavy atom. The molecular formula is C24H23N7O3. The smallest absolute Gasteiger partial charge is 0.262 e. The van der Waals surface area contributed by atoms with Gasteiger partial charge in [-0.15, -0.1) is 10.2 Å². The molecule has 1 N–H and O–H groups in total. The van der Waals surface area contributed by atoms with E-state index in [-0.39, 0.29) is 17.8 Å². The number of aromatic nitrogens is 6. The fraction of sp³-hybridized carbons (Fsp3) is 0.250. The van der Waals surface area contributed by atoms with Crippen LogP contribution in [0.2, 0.25) is 0 Å². The molecule has 5 rings (SSSR count). The number of carbonyl (C=O) groups excluding carboxylic acids is 1. The van der Waals surface area contributed by atoms with Gasteiger partial charge in [0.1, 0.15) is 23.4 Å². The van der Waals surface area contributed by atoms with Crippen LogP contribution in [0.1, 0.15) is 36.2 Å². The summed E-state index contributed by atoms with van der Waals surface area (Å²) >= 11 is 0. The van der Waals surface area contributed by atoms with Crippen LogP contribution in [0.4, 0.5) is 5.82 Å². The highest BCUT2D eigenvalue weighted by Crippen LogP contribution is 2.28. The van der Waals surface area contributed by atoms with Crippen molar-refractivity contribution in [3.8, 4) is 34.4 Å². The Bertz CT molecular complexity index is 1320. The highest BCUT2D eigenvalue weighted by atomic mass is 16.5. The van der Waals surface area contributed by atoms with Gasteiger partial charge in [-0.05, 0) is 44.0 Å². The molecule has 1 aliphatic rings. The van der Waals surface area contributed by atoms with E-state index in [1.165, 1.54) is 0 Å². The number of fused-ring (bicyclic) bond motifs is 5. The van der Waals surface area contributed by atoms with Gasteiger partial charge in [-0.25, -0.2) is 15.0 Å². The lowest BCUT2D eigenvalue weighted by molar-refractivity contribution is 0.102. The van der Waals surface area contributed by atoms with Crippen LogP contribution < -0.4 is 14.8 Å². The average Bonchev–Trinajstić information content (AvgIpc) is 3.36. The molecule has 0 aliphatic carbocycles. The van der Waals surface area contributed by atoms with E-state index in [1.807, 2.05) is 22.8 Å². The molecule has 2 bridgehead atoms. The lowest BCUT2D eigenvalue weighted by Gasteiger charge is -2.17. The summed E-state index contributed by atoms with van der Waals surface area (Å²) in [6.45, 7) is 2.52. The molecule has 34 heavy (non-hydrogen) atoms. The lowest BCUT2D eigenvalue weighted by Crippen LogP contribution is -2.17. The van der Waals surface area contributed by atoms with Gasteiger partial charge in [-0.2, -0.15) is 0 Å². The number of nitrogens with zero attached hydrogens (tertiary/aromatic N) is 6. The summed E-state index contributed by atoms with van der Waals surface area (Å²) < 4.78 is 13.0. The molecule has 10 nitrogen and oxygen atoms in total. The minimum atomic E-state index is -0.373. The molecule has 4 aromatic heterocycles. The summed E-state index contributed by atoms with van der Waals surface area (Å²) in [5.41, 5.74) is 2.48. The Balaban J connectivity index is 1.53. The summed E-state index contributed by atoms with van der Waals surface area (Å²) in [5, 5.41) is 11.2. The van der Waals surface area contributed by atoms with Crippen LogP contribution >= 0.6 is 0 Å². The van der Waals surface area contributed by atoms with Crippen molar-refractivity contribution < 1.29 is 14.3 Å². The van der Waals surface area contributed by atoms with Crippen molar-refractivity contribution in [2.75, 3.05) is 19.0 Å². The van der Waals surface area contributed by atoms with Crippen molar-refractivity contribution in [3.63, 3.8) is 0 Å². The van der Waals surface area contributed by atoms with E-state index < -0.39 is 0 Å². The molecule has 1 aliphatic heterocycles. The predicted octanol–water partition coefficient (Wildman–Crippen LogP) is 3.79. The van der Waals surface area contributed by atoms with Gasteiger partial charge in [-0.3, -0.25) is 4.79 Å². The summed E-state index contributed by atoms with van der Waals surface area (Å²) in [4.78, 5) is 26.6. The molecule has 1 amide bonds. The van der Waals surface area contributed by atoms with Gasteiger partial charge >= 0.3 is 0 Å². The van der Waals surface area contributed by atoms with E-state index in [2.05, 4.69) is 37.4 Å². The van der Waals surface area contributed by atoms with Gasteiger partial charge in [0.05, 0.1) is 13.7 Å². The van der Waals surface area contributed by atoms with E-state index in [0.29, 0.717) is 35.4 Å². The zero-order valence-electron chi connectivity index (χ0n) is 18.8. The van der Waals surface area contributed by atoms with Gasteiger partial charge in [0, 0.05) is 35.6 Å². The SMILES string of the molecule is COc1ccc(-c2cnc3c(c2)C(=O)Nc2cccc(n2)-c2nncn2[C@@H](C)CCCO3)cn1. The van der Waals surface area contributed by atoms with Gasteiger partial charge < -0.3 is 19.4 Å². The molecule has 4 aromatic rings. The molecule has 0 aromatic carbocycles. The second kappa shape index (κ2) is 9.26. The molecule has 1 atom stereocenters. The summed E-state index contributed by atoms with van der Waals surface area (Å²) in [6.07, 6.45) is 6.64. The normalized spacial score (nSPS) is 15.8. The van der Waals surface area contributed by atoms with Crippen LogP contribution in [0.5, 0.6) is 11.8 Å². The maximum absolute atomic E-state index is 13.3. The Hall–Kier alpha value is -4.34. The maximum Gasteiger partial charge on any atom is 0.262 e. The lowest BCUT2D eigenvalue weighted by atomic mass is 10.1. The zero-order valence-corrected chi connectivity index (χ0v) is 18.8. The largest absolute Gasteiger partial charge is 0.481 e. The van der Waals surface area contributed by atoms with Gasteiger partial charge in [0.2, 0.25) is 11.8 Å². The Labute approximate surface area is 196 Å². The third-order valence-corrected chi connectivity index (χ3v) is 5.65. The van der Waals surface area contributed by atoms with Crippen molar-refractivity contribution in [1.82, 2.24) is 29.7 Å². The van der Waals surface area contributed by atoms with Crippen molar-refractivity contribution in [3.05, 3.63) is 60.7 Å². The van der Waals surface area contributed by atoms with E-state index in [1.54, 1.807) is 44.0 Å². The molecule has 5 heterocycles. The third-order valence-electron chi connectivity index (χ3n) is 5.65. The molecule has 0 fully saturated rings. The predicted molar refractivity (Wildman–Crippen MR) is 125 cm³/mol. The number of pyridine rings is 3. The average molecular weight is 457 g/mol. The number of hydrogen-bond donors (Lipinski definition) is 1. The highest BCUT2D eigenvalue weighted by molar-refractivity contribution is 6.06. The molecule has 0 saturated carbocycles. The van der Waals surface area contributed by atoms with E-state index in [4.69, 9.17) is 9.47 Å². The second-order valence-electron chi connectivity index (χ2n) is 7.93. The van der Waals surface area contributed by atoms with Crippen LogP contribution in [0.25, 0.3) is 22.6 Å². The minimum absolute atomic E-state index is 0.147. The fourth-order valence-corrected chi connectivity index (χ4v) is 3.81. The van der Waals surface area contributed by atoms with Gasteiger partial charge in [0.15, 0.2) is 5.82 Å². The molecule has 172 valence electrons. The number of amides is 1. The summed E-state index contributed by atoms with van der Waals surface area (Å²) in [5.74, 6) is 1.45. The first-order valence-electron chi connectivity index (χ1n) is 10.9. The molecule has 0 saturated heterocycles. The van der Waals surface area contributed by atoms with Crippen molar-refractivity contribution in [2.45, 2.75) is 25.8 Å². The molecular weight excluding hydrogens is 434 g/mol. The highest BCUT2D eigenvalue weighted by Gasteiger charge is 2.20. The quantitative estimate of drug-likeness (QED) is 0.483. The second-order valence-corrected chi connectivity index (χ2v) is 7.93. The van der Waals surface area contributed by atoms with Crippen LogP contribution in [0.3, 0.4) is 0 Å².